The summed E-state index contributed by atoms with van der Waals surface area (Å²) in [6, 6.07) is 19.4. The number of hydrogen-bond acceptors (Lipinski definition) is 5. The molecule has 0 aromatic heterocycles. The maximum absolute atomic E-state index is 12.6. The number of carbonyl (C=O) groups is 2. The number of rotatable bonds is 8. The molecule has 4 rings (SSSR count). The van der Waals surface area contributed by atoms with Gasteiger partial charge in [-0.15, -0.1) is 0 Å². The normalized spacial score (nSPS) is 13.4. The quantitative estimate of drug-likeness (QED) is 0.332. The first-order valence-electron chi connectivity index (χ1n) is 11.8. The Morgan fingerprint density at radius 3 is 2.33 bits per heavy atom. The van der Waals surface area contributed by atoms with Crippen molar-refractivity contribution in [2.24, 2.45) is 5.10 Å². The molecular formula is C28H28ClN3O4. The minimum Gasteiger partial charge on any atom is -0.493 e. The molecule has 1 saturated heterocycles. The molecule has 8 heteroatoms. The standard InChI is InChI=1S/C28H28ClN3O4/c1-35-26-17-21(18-30-31-27(33)22-10-12-24(29)13-11-22)7-14-25(26)36-19-20-5-8-23(9-6-20)28(34)32-15-3-2-4-16-32/h5-14,17-18H,2-4,15-16,19H2,1H3,(H,31,33)/b30-18-. The molecule has 0 aliphatic carbocycles. The van der Waals surface area contributed by atoms with E-state index >= 15 is 0 Å². The summed E-state index contributed by atoms with van der Waals surface area (Å²) in [5.41, 5.74) is 5.33. The molecule has 186 valence electrons. The van der Waals surface area contributed by atoms with Crippen LogP contribution in [-0.2, 0) is 6.61 Å². The average molecular weight is 506 g/mol. The fourth-order valence-electron chi connectivity index (χ4n) is 3.90. The van der Waals surface area contributed by atoms with Crippen molar-refractivity contribution in [3.05, 3.63) is 94.0 Å². The van der Waals surface area contributed by atoms with Crippen molar-refractivity contribution in [2.75, 3.05) is 20.2 Å². The van der Waals surface area contributed by atoms with E-state index in [-0.39, 0.29) is 11.8 Å². The van der Waals surface area contributed by atoms with Crippen molar-refractivity contribution in [1.29, 1.82) is 0 Å². The van der Waals surface area contributed by atoms with Gasteiger partial charge in [-0.05, 0) is 85.0 Å². The smallest absolute Gasteiger partial charge is 0.271 e. The molecule has 0 radical (unpaired) electrons. The van der Waals surface area contributed by atoms with E-state index in [1.807, 2.05) is 35.2 Å². The minimum absolute atomic E-state index is 0.0884. The summed E-state index contributed by atoms with van der Waals surface area (Å²) in [5, 5.41) is 4.57. The van der Waals surface area contributed by atoms with Gasteiger partial charge in [-0.3, -0.25) is 9.59 Å². The molecule has 1 aliphatic heterocycles. The van der Waals surface area contributed by atoms with Crippen molar-refractivity contribution >= 4 is 29.6 Å². The van der Waals surface area contributed by atoms with Crippen LogP contribution in [0, 0.1) is 0 Å². The van der Waals surface area contributed by atoms with Crippen LogP contribution < -0.4 is 14.9 Å². The van der Waals surface area contributed by atoms with Crippen molar-refractivity contribution in [3.8, 4) is 11.5 Å². The van der Waals surface area contributed by atoms with Gasteiger partial charge in [-0.25, -0.2) is 5.43 Å². The Labute approximate surface area is 215 Å². The third kappa shape index (κ3) is 6.64. The third-order valence-electron chi connectivity index (χ3n) is 5.91. The first-order chi connectivity index (χ1) is 17.5. The Morgan fingerprint density at radius 2 is 1.64 bits per heavy atom. The highest BCUT2D eigenvalue weighted by Crippen LogP contribution is 2.28. The second-order valence-electron chi connectivity index (χ2n) is 8.45. The molecule has 0 atom stereocenters. The van der Waals surface area contributed by atoms with Gasteiger partial charge in [0.25, 0.3) is 11.8 Å². The Kier molecular flexibility index (Phi) is 8.57. The van der Waals surface area contributed by atoms with Crippen molar-refractivity contribution in [1.82, 2.24) is 10.3 Å². The van der Waals surface area contributed by atoms with Crippen LogP contribution in [0.3, 0.4) is 0 Å². The zero-order valence-corrected chi connectivity index (χ0v) is 20.8. The number of amides is 2. The number of hydrazone groups is 1. The first-order valence-corrected chi connectivity index (χ1v) is 12.2. The van der Waals surface area contributed by atoms with E-state index in [1.54, 1.807) is 43.5 Å². The predicted molar refractivity (Wildman–Crippen MR) is 140 cm³/mol. The van der Waals surface area contributed by atoms with Crippen LogP contribution in [0.5, 0.6) is 11.5 Å². The number of hydrogen-bond donors (Lipinski definition) is 1. The Morgan fingerprint density at radius 1 is 0.944 bits per heavy atom. The largest absolute Gasteiger partial charge is 0.493 e. The third-order valence-corrected chi connectivity index (χ3v) is 6.16. The summed E-state index contributed by atoms with van der Waals surface area (Å²) in [6.45, 7) is 2.00. The molecule has 3 aromatic rings. The fraction of sp³-hybridized carbons (Fsp3) is 0.250. The molecule has 2 amide bonds. The number of benzene rings is 3. The van der Waals surface area contributed by atoms with Crippen LogP contribution in [-0.4, -0.2) is 43.1 Å². The molecule has 0 unspecified atom stereocenters. The lowest BCUT2D eigenvalue weighted by atomic mass is 10.1. The van der Waals surface area contributed by atoms with Gasteiger partial charge in [0.05, 0.1) is 13.3 Å². The Balaban J connectivity index is 1.32. The molecule has 7 nitrogen and oxygen atoms in total. The molecule has 0 spiro atoms. The number of nitrogens with zero attached hydrogens (tertiary/aromatic N) is 2. The van der Waals surface area contributed by atoms with Gasteiger partial charge >= 0.3 is 0 Å². The van der Waals surface area contributed by atoms with Gasteiger partial charge in [0, 0.05) is 29.2 Å². The molecule has 1 N–H and O–H groups in total. The van der Waals surface area contributed by atoms with Gasteiger partial charge in [0.15, 0.2) is 11.5 Å². The van der Waals surface area contributed by atoms with E-state index in [0.717, 1.165) is 37.1 Å². The number of likely N-dealkylation sites (tertiary alicyclic amines) is 1. The number of halogens is 1. The van der Waals surface area contributed by atoms with E-state index in [0.29, 0.717) is 34.3 Å². The lowest BCUT2D eigenvalue weighted by Gasteiger charge is -2.26. The van der Waals surface area contributed by atoms with Gasteiger partial charge in [-0.1, -0.05) is 23.7 Å². The maximum Gasteiger partial charge on any atom is 0.271 e. The number of methoxy groups -OCH3 is 1. The van der Waals surface area contributed by atoms with Gasteiger partial charge in [0.1, 0.15) is 6.61 Å². The molecule has 0 bridgehead atoms. The van der Waals surface area contributed by atoms with E-state index in [4.69, 9.17) is 21.1 Å². The van der Waals surface area contributed by atoms with Crippen LogP contribution in [0.25, 0.3) is 0 Å². The summed E-state index contributed by atoms with van der Waals surface area (Å²) in [4.78, 5) is 26.7. The van der Waals surface area contributed by atoms with Crippen LogP contribution in [0.2, 0.25) is 5.02 Å². The molecule has 1 heterocycles. The van der Waals surface area contributed by atoms with Gasteiger partial charge < -0.3 is 14.4 Å². The van der Waals surface area contributed by atoms with Crippen LogP contribution >= 0.6 is 11.6 Å². The number of nitrogens with one attached hydrogen (secondary N) is 1. The molecule has 1 aliphatic rings. The summed E-state index contributed by atoms with van der Waals surface area (Å²) < 4.78 is 11.4. The summed E-state index contributed by atoms with van der Waals surface area (Å²) >= 11 is 5.85. The maximum atomic E-state index is 12.6. The number of ether oxygens (including phenoxy) is 2. The molecule has 0 saturated carbocycles. The SMILES string of the molecule is COc1cc(/C=N\NC(=O)c2ccc(Cl)cc2)ccc1OCc1ccc(C(=O)N2CCCCC2)cc1. The van der Waals surface area contributed by atoms with Crippen molar-refractivity contribution < 1.29 is 19.1 Å². The lowest BCUT2D eigenvalue weighted by molar-refractivity contribution is 0.0724. The molecular weight excluding hydrogens is 478 g/mol. The second kappa shape index (κ2) is 12.2. The van der Waals surface area contributed by atoms with Crippen LogP contribution in [0.15, 0.2) is 71.8 Å². The van der Waals surface area contributed by atoms with E-state index in [1.165, 1.54) is 12.6 Å². The Hall–Kier alpha value is -3.84. The molecule has 36 heavy (non-hydrogen) atoms. The molecule has 3 aromatic carbocycles. The minimum atomic E-state index is -0.335. The molecule has 1 fully saturated rings. The van der Waals surface area contributed by atoms with E-state index in [2.05, 4.69) is 10.5 Å². The van der Waals surface area contributed by atoms with Crippen molar-refractivity contribution in [3.63, 3.8) is 0 Å². The fourth-order valence-corrected chi connectivity index (χ4v) is 4.03. The highest BCUT2D eigenvalue weighted by molar-refractivity contribution is 6.30. The topological polar surface area (TPSA) is 80.2 Å². The summed E-state index contributed by atoms with van der Waals surface area (Å²) in [7, 11) is 1.56. The number of carbonyl (C=O) groups excluding carboxylic acids is 2. The van der Waals surface area contributed by atoms with Gasteiger partial charge in [-0.2, -0.15) is 5.10 Å². The predicted octanol–water partition coefficient (Wildman–Crippen LogP) is 5.32. The highest BCUT2D eigenvalue weighted by Gasteiger charge is 2.18. The summed E-state index contributed by atoms with van der Waals surface area (Å²) in [5.74, 6) is 0.872. The monoisotopic (exact) mass is 505 g/mol. The lowest BCUT2D eigenvalue weighted by Crippen LogP contribution is -2.35. The number of piperidine rings is 1. The summed E-state index contributed by atoms with van der Waals surface area (Å²) in [6.07, 6.45) is 4.86. The van der Waals surface area contributed by atoms with Crippen molar-refractivity contribution in [2.45, 2.75) is 25.9 Å². The van der Waals surface area contributed by atoms with E-state index < -0.39 is 0 Å². The zero-order valence-electron chi connectivity index (χ0n) is 20.1. The second-order valence-corrected chi connectivity index (χ2v) is 8.89. The van der Waals surface area contributed by atoms with E-state index in [9.17, 15) is 9.59 Å². The van der Waals surface area contributed by atoms with Gasteiger partial charge in [0.2, 0.25) is 0 Å². The van der Waals surface area contributed by atoms with Crippen LogP contribution in [0.1, 0.15) is 51.1 Å². The highest BCUT2D eigenvalue weighted by atomic mass is 35.5. The average Bonchev–Trinajstić information content (AvgIpc) is 2.93. The first kappa shape index (κ1) is 25.3. The Bertz CT molecular complexity index is 1220. The zero-order chi connectivity index (χ0) is 25.3. The van der Waals surface area contributed by atoms with Crippen LogP contribution in [0.4, 0.5) is 0 Å².